The standard InChI is InChI=1S/C14H22N4O/c1-10(15-8-11-6-7-18(5)9-11)12-16-13(17-19-12)14(2,3)4/h6-7,9-10,15H,8H2,1-5H3. The molecule has 0 amide bonds. The molecule has 2 rings (SSSR count). The quantitative estimate of drug-likeness (QED) is 0.920. The van der Waals surface area contributed by atoms with E-state index < -0.39 is 0 Å². The van der Waals surface area contributed by atoms with Gasteiger partial charge in [-0.25, -0.2) is 0 Å². The number of hydrogen-bond donors (Lipinski definition) is 1. The Morgan fingerprint density at radius 1 is 1.42 bits per heavy atom. The number of nitrogens with zero attached hydrogens (tertiary/aromatic N) is 3. The van der Waals surface area contributed by atoms with Gasteiger partial charge in [-0.05, 0) is 18.6 Å². The van der Waals surface area contributed by atoms with Gasteiger partial charge in [0.1, 0.15) is 0 Å². The molecule has 1 N–H and O–H groups in total. The molecule has 5 heteroatoms. The van der Waals surface area contributed by atoms with E-state index in [-0.39, 0.29) is 11.5 Å². The molecule has 19 heavy (non-hydrogen) atoms. The average molecular weight is 262 g/mol. The first-order valence-corrected chi connectivity index (χ1v) is 6.54. The van der Waals surface area contributed by atoms with Crippen LogP contribution in [0.2, 0.25) is 0 Å². The van der Waals surface area contributed by atoms with Gasteiger partial charge in [-0.2, -0.15) is 4.98 Å². The molecule has 0 aliphatic heterocycles. The fourth-order valence-electron chi connectivity index (χ4n) is 1.74. The zero-order valence-electron chi connectivity index (χ0n) is 12.3. The van der Waals surface area contributed by atoms with Gasteiger partial charge in [0.05, 0.1) is 6.04 Å². The smallest absolute Gasteiger partial charge is 0.243 e. The lowest BCUT2D eigenvalue weighted by molar-refractivity contribution is 0.330. The van der Waals surface area contributed by atoms with Crippen molar-refractivity contribution in [1.82, 2.24) is 20.0 Å². The maximum absolute atomic E-state index is 5.32. The molecule has 0 aliphatic rings. The summed E-state index contributed by atoms with van der Waals surface area (Å²) in [5.74, 6) is 1.39. The molecular formula is C14H22N4O. The maximum Gasteiger partial charge on any atom is 0.243 e. The maximum atomic E-state index is 5.32. The highest BCUT2D eigenvalue weighted by Crippen LogP contribution is 2.20. The summed E-state index contributed by atoms with van der Waals surface area (Å²) in [6, 6.07) is 2.14. The minimum absolute atomic E-state index is 0.0452. The summed E-state index contributed by atoms with van der Waals surface area (Å²) in [5.41, 5.74) is 1.16. The molecule has 0 spiro atoms. The molecule has 0 saturated heterocycles. The summed E-state index contributed by atoms with van der Waals surface area (Å²) in [7, 11) is 2.01. The lowest BCUT2D eigenvalue weighted by atomic mass is 9.96. The van der Waals surface area contributed by atoms with Gasteiger partial charge in [0, 0.05) is 31.4 Å². The Bertz CT molecular complexity index is 536. The van der Waals surface area contributed by atoms with Crippen LogP contribution in [0, 0.1) is 0 Å². The molecule has 0 bridgehead atoms. The largest absolute Gasteiger partial charge is 0.357 e. The molecule has 1 unspecified atom stereocenters. The Kier molecular flexibility index (Phi) is 3.75. The fourth-order valence-corrected chi connectivity index (χ4v) is 1.74. The second-order valence-corrected chi connectivity index (χ2v) is 5.99. The molecule has 0 aliphatic carbocycles. The number of aromatic nitrogens is 3. The molecule has 0 aromatic carbocycles. The molecule has 1 atom stereocenters. The van der Waals surface area contributed by atoms with Crippen molar-refractivity contribution in [2.75, 3.05) is 0 Å². The summed E-state index contributed by atoms with van der Waals surface area (Å²) in [6.45, 7) is 9.04. The van der Waals surface area contributed by atoms with Crippen molar-refractivity contribution in [2.45, 2.75) is 45.7 Å². The van der Waals surface area contributed by atoms with Crippen molar-refractivity contribution < 1.29 is 4.52 Å². The van der Waals surface area contributed by atoms with Crippen LogP contribution in [0.3, 0.4) is 0 Å². The number of aryl methyl sites for hydroxylation is 1. The Morgan fingerprint density at radius 2 is 2.16 bits per heavy atom. The lowest BCUT2D eigenvalue weighted by Crippen LogP contribution is -2.19. The molecule has 2 aromatic rings. The van der Waals surface area contributed by atoms with E-state index in [4.69, 9.17) is 4.52 Å². The Morgan fingerprint density at radius 3 is 2.68 bits per heavy atom. The zero-order valence-corrected chi connectivity index (χ0v) is 12.3. The molecule has 2 aromatic heterocycles. The second-order valence-electron chi connectivity index (χ2n) is 5.99. The van der Waals surface area contributed by atoms with Crippen LogP contribution in [0.25, 0.3) is 0 Å². The predicted molar refractivity (Wildman–Crippen MR) is 73.7 cm³/mol. The lowest BCUT2D eigenvalue weighted by Gasteiger charge is -2.11. The van der Waals surface area contributed by atoms with E-state index in [0.29, 0.717) is 5.89 Å². The second kappa shape index (κ2) is 5.17. The normalized spacial score (nSPS) is 13.7. The van der Waals surface area contributed by atoms with Crippen LogP contribution in [-0.2, 0) is 19.0 Å². The van der Waals surface area contributed by atoms with E-state index >= 15 is 0 Å². The summed E-state index contributed by atoms with van der Waals surface area (Å²) in [6.07, 6.45) is 4.13. The molecule has 0 radical (unpaired) electrons. The van der Waals surface area contributed by atoms with E-state index in [2.05, 4.69) is 48.5 Å². The Labute approximate surface area is 114 Å². The Hall–Kier alpha value is -1.62. The van der Waals surface area contributed by atoms with Gasteiger partial charge >= 0.3 is 0 Å². The molecule has 0 fully saturated rings. The minimum atomic E-state index is -0.0824. The molecular weight excluding hydrogens is 240 g/mol. The predicted octanol–water partition coefficient (Wildman–Crippen LogP) is 2.56. The van der Waals surface area contributed by atoms with Crippen LogP contribution in [0.4, 0.5) is 0 Å². The first-order valence-electron chi connectivity index (χ1n) is 6.54. The van der Waals surface area contributed by atoms with E-state index in [1.54, 1.807) is 0 Å². The molecule has 2 heterocycles. The monoisotopic (exact) mass is 262 g/mol. The van der Waals surface area contributed by atoms with Gasteiger partial charge in [-0.1, -0.05) is 25.9 Å². The van der Waals surface area contributed by atoms with Crippen LogP contribution in [0.1, 0.15) is 51.0 Å². The van der Waals surface area contributed by atoms with E-state index in [1.165, 1.54) is 5.56 Å². The van der Waals surface area contributed by atoms with Crippen LogP contribution >= 0.6 is 0 Å². The first kappa shape index (κ1) is 13.8. The van der Waals surface area contributed by atoms with Gasteiger partial charge < -0.3 is 14.4 Å². The van der Waals surface area contributed by atoms with Crippen LogP contribution < -0.4 is 5.32 Å². The van der Waals surface area contributed by atoms with Crippen molar-refractivity contribution in [3.63, 3.8) is 0 Å². The highest BCUT2D eigenvalue weighted by Gasteiger charge is 2.22. The van der Waals surface area contributed by atoms with Crippen molar-refractivity contribution in [3.05, 3.63) is 35.7 Å². The van der Waals surface area contributed by atoms with Crippen molar-refractivity contribution in [2.24, 2.45) is 7.05 Å². The molecule has 104 valence electrons. The third-order valence-corrected chi connectivity index (χ3v) is 2.99. The highest BCUT2D eigenvalue weighted by molar-refractivity contribution is 5.10. The van der Waals surface area contributed by atoms with E-state index in [0.717, 1.165) is 12.4 Å². The fraction of sp³-hybridized carbons (Fsp3) is 0.571. The SMILES string of the molecule is CC(NCc1ccn(C)c1)c1nc(C(C)(C)C)no1. The topological polar surface area (TPSA) is 55.9 Å². The van der Waals surface area contributed by atoms with Gasteiger partial charge in [0.2, 0.25) is 5.89 Å². The first-order chi connectivity index (χ1) is 8.86. The van der Waals surface area contributed by atoms with Crippen molar-refractivity contribution in [1.29, 1.82) is 0 Å². The summed E-state index contributed by atoms with van der Waals surface area (Å²) in [4.78, 5) is 4.45. The Balaban J connectivity index is 1.96. The highest BCUT2D eigenvalue weighted by atomic mass is 16.5. The van der Waals surface area contributed by atoms with E-state index in [9.17, 15) is 0 Å². The summed E-state index contributed by atoms with van der Waals surface area (Å²) < 4.78 is 7.35. The van der Waals surface area contributed by atoms with Crippen LogP contribution in [-0.4, -0.2) is 14.7 Å². The number of nitrogens with one attached hydrogen (secondary N) is 1. The van der Waals surface area contributed by atoms with Crippen molar-refractivity contribution >= 4 is 0 Å². The zero-order chi connectivity index (χ0) is 14.0. The van der Waals surface area contributed by atoms with Gasteiger partial charge in [0.25, 0.3) is 0 Å². The average Bonchev–Trinajstić information content (AvgIpc) is 2.93. The van der Waals surface area contributed by atoms with Crippen LogP contribution in [0.15, 0.2) is 23.0 Å². The third-order valence-electron chi connectivity index (χ3n) is 2.99. The van der Waals surface area contributed by atoms with E-state index in [1.807, 2.05) is 24.7 Å². The number of rotatable bonds is 4. The van der Waals surface area contributed by atoms with Gasteiger partial charge in [-0.3, -0.25) is 0 Å². The summed E-state index contributed by atoms with van der Waals surface area (Å²) in [5, 5.41) is 7.42. The third kappa shape index (κ3) is 3.44. The molecule has 0 saturated carbocycles. The van der Waals surface area contributed by atoms with Crippen LogP contribution in [0.5, 0.6) is 0 Å². The number of hydrogen-bond acceptors (Lipinski definition) is 4. The minimum Gasteiger partial charge on any atom is -0.357 e. The molecule has 5 nitrogen and oxygen atoms in total. The van der Waals surface area contributed by atoms with Gasteiger partial charge in [0.15, 0.2) is 5.82 Å². The van der Waals surface area contributed by atoms with Gasteiger partial charge in [-0.15, -0.1) is 0 Å². The summed E-state index contributed by atoms with van der Waals surface area (Å²) >= 11 is 0. The van der Waals surface area contributed by atoms with Crippen molar-refractivity contribution in [3.8, 4) is 0 Å².